The van der Waals surface area contributed by atoms with Gasteiger partial charge in [0.15, 0.2) is 0 Å². The molecule has 2 heterocycles. The number of pyridine rings is 2. The Morgan fingerprint density at radius 3 is 2.09 bits per heavy atom. The van der Waals surface area contributed by atoms with Crippen molar-refractivity contribution in [1.82, 2.24) is 9.97 Å². The van der Waals surface area contributed by atoms with Crippen LogP contribution in [-0.4, -0.2) is 18.0 Å². The van der Waals surface area contributed by atoms with E-state index >= 15 is 0 Å². The van der Waals surface area contributed by atoms with Crippen LogP contribution >= 0.6 is 0 Å². The zero-order valence-electron chi connectivity index (χ0n) is 30.2. The van der Waals surface area contributed by atoms with E-state index in [0.29, 0.717) is 35.1 Å². The first-order valence-corrected chi connectivity index (χ1v) is 18.4. The number of aromatic nitrogens is 2. The standard InChI is InChI=1S/C21H28NSi.C18H14N.Ir/c1-23(2,3)21-16-22-20(18-12-8-5-9-13-18)15-19(21)14-17-10-6-4-7-11-17;1-14-13-19-18(16-10-6-3-7-11-16)12-17(14)15-8-4-2-5-9-15;/h5,8-9,12,15-17H,4,6-7,10-11,14H2,1-3H3;2-10,12-13H,1H3;/q2*-1;/i15D,16D;1D3;. The van der Waals surface area contributed by atoms with Gasteiger partial charge in [-0.1, -0.05) is 99.7 Å². The van der Waals surface area contributed by atoms with Crippen LogP contribution in [0.5, 0.6) is 0 Å². The molecule has 0 bridgehead atoms. The van der Waals surface area contributed by atoms with Crippen molar-refractivity contribution in [2.45, 2.75) is 65.0 Å². The normalized spacial score (nSPS) is 15.4. The fourth-order valence-electron chi connectivity index (χ4n) is 5.55. The third-order valence-electron chi connectivity index (χ3n) is 7.76. The summed E-state index contributed by atoms with van der Waals surface area (Å²) in [6.07, 6.45) is 9.23. The Hall–Kier alpha value is -3.17. The SMILES string of the molecule is [2H]C([2H])([2H])c1cnc(-c2[c-]cccc2)cc1-c1ccccc1.[2H]c1nc(-c2[c-]cccc2)c([2H])c(CC2CCCCC2)c1[Si](C)(C)C.[Ir]. The van der Waals surface area contributed by atoms with Crippen molar-refractivity contribution < 1.29 is 27.0 Å². The van der Waals surface area contributed by atoms with E-state index in [4.69, 9.17) is 6.85 Å². The monoisotopic (exact) mass is 764 g/mol. The minimum absolute atomic E-state index is 0. The van der Waals surface area contributed by atoms with Crippen molar-refractivity contribution >= 4 is 13.3 Å². The van der Waals surface area contributed by atoms with Crippen LogP contribution in [0.25, 0.3) is 33.6 Å². The van der Waals surface area contributed by atoms with E-state index in [1.54, 1.807) is 0 Å². The molecule has 3 aromatic carbocycles. The number of hydrogen-bond donors (Lipinski definition) is 0. The zero-order chi connectivity index (χ0) is 33.6. The van der Waals surface area contributed by atoms with Gasteiger partial charge in [-0.3, -0.25) is 0 Å². The third-order valence-corrected chi connectivity index (χ3v) is 9.67. The van der Waals surface area contributed by atoms with Gasteiger partial charge in [0.1, 0.15) is 0 Å². The van der Waals surface area contributed by atoms with Crippen LogP contribution in [0.3, 0.4) is 0 Å². The molecule has 0 atom stereocenters. The molecule has 0 spiro atoms. The molecule has 223 valence electrons. The van der Waals surface area contributed by atoms with Crippen LogP contribution in [0, 0.1) is 24.9 Å². The van der Waals surface area contributed by atoms with Gasteiger partial charge in [-0.25, -0.2) is 0 Å². The molecular formula is C39H42IrN2Si-2. The molecule has 2 aromatic heterocycles. The van der Waals surface area contributed by atoms with Crippen LogP contribution in [0.15, 0.2) is 103 Å². The van der Waals surface area contributed by atoms with Gasteiger partial charge in [-0.2, -0.15) is 0 Å². The molecule has 0 aliphatic heterocycles. The molecule has 0 unspecified atom stereocenters. The summed E-state index contributed by atoms with van der Waals surface area (Å²) in [6, 6.07) is 33.4. The van der Waals surface area contributed by atoms with E-state index in [1.807, 2.05) is 84.9 Å². The van der Waals surface area contributed by atoms with Crippen molar-refractivity contribution in [1.29, 1.82) is 0 Å². The van der Waals surface area contributed by atoms with Crippen LogP contribution < -0.4 is 5.19 Å². The molecule has 0 saturated heterocycles. The fourth-order valence-corrected chi connectivity index (χ4v) is 7.01. The Morgan fingerprint density at radius 1 is 0.837 bits per heavy atom. The van der Waals surface area contributed by atoms with Crippen LogP contribution in [-0.2, 0) is 26.5 Å². The van der Waals surface area contributed by atoms with E-state index < -0.39 is 14.9 Å². The van der Waals surface area contributed by atoms with Gasteiger partial charge >= 0.3 is 0 Å². The second kappa shape index (κ2) is 15.5. The Kier molecular flexibility index (Phi) is 9.47. The summed E-state index contributed by atoms with van der Waals surface area (Å²) < 4.78 is 40.6. The molecule has 1 radical (unpaired) electrons. The molecule has 1 saturated carbocycles. The van der Waals surface area contributed by atoms with Crippen molar-refractivity contribution in [2.75, 3.05) is 0 Å². The molecule has 0 amide bonds. The van der Waals surface area contributed by atoms with Gasteiger partial charge in [-0.05, 0) is 52.5 Å². The smallest absolute Gasteiger partial charge is 0.0828 e. The molecule has 1 fully saturated rings. The number of nitrogens with zero attached hydrogens (tertiary/aromatic N) is 2. The summed E-state index contributed by atoms with van der Waals surface area (Å²) in [5.41, 5.74) is 5.92. The van der Waals surface area contributed by atoms with E-state index in [9.17, 15) is 0 Å². The molecule has 2 nitrogen and oxygen atoms in total. The molecule has 4 heteroatoms. The Morgan fingerprint density at radius 2 is 1.49 bits per heavy atom. The molecule has 43 heavy (non-hydrogen) atoms. The number of rotatable bonds is 6. The van der Waals surface area contributed by atoms with Gasteiger partial charge in [0.2, 0.25) is 0 Å². The van der Waals surface area contributed by atoms with Crippen molar-refractivity contribution in [3.8, 4) is 33.6 Å². The summed E-state index contributed by atoms with van der Waals surface area (Å²) in [6.45, 7) is 4.59. The van der Waals surface area contributed by atoms with Crippen molar-refractivity contribution in [2.24, 2.45) is 5.92 Å². The Labute approximate surface area is 280 Å². The van der Waals surface area contributed by atoms with Gasteiger partial charge in [0.25, 0.3) is 0 Å². The van der Waals surface area contributed by atoms with Crippen LogP contribution in [0.2, 0.25) is 19.6 Å². The molecule has 6 rings (SSSR count). The summed E-state index contributed by atoms with van der Waals surface area (Å²) in [5, 5.41) is 1.09. The van der Waals surface area contributed by atoms with E-state index in [-0.39, 0.29) is 25.7 Å². The largest absolute Gasteiger partial charge is 0.305 e. The molecule has 0 N–H and O–H groups in total. The Balaban J connectivity index is 0.000000214. The van der Waals surface area contributed by atoms with Gasteiger partial charge in [0.05, 0.1) is 10.8 Å². The average molecular weight is 764 g/mol. The molecule has 5 aromatic rings. The predicted molar refractivity (Wildman–Crippen MR) is 180 cm³/mol. The average Bonchev–Trinajstić information content (AvgIpc) is 3.07. The minimum atomic E-state index is -2.20. The maximum atomic E-state index is 8.88. The van der Waals surface area contributed by atoms with Gasteiger partial charge in [0, 0.05) is 36.6 Å². The molecule has 1 aliphatic carbocycles. The summed E-state index contributed by atoms with van der Waals surface area (Å²) in [4.78, 5) is 8.86. The first kappa shape index (κ1) is 26.2. The second-order valence-electron chi connectivity index (χ2n) is 12.0. The quantitative estimate of drug-likeness (QED) is 0.127. The third kappa shape index (κ3) is 8.92. The fraction of sp³-hybridized carbons (Fsp3) is 0.282. The topological polar surface area (TPSA) is 25.8 Å². The number of hydrogen-bond acceptors (Lipinski definition) is 2. The summed E-state index contributed by atoms with van der Waals surface area (Å²) in [5.74, 6) is 0.655. The molecule has 1 aliphatic rings. The zero-order valence-corrected chi connectivity index (χ0v) is 28.6. The first-order chi connectivity index (χ1) is 22.4. The molecular weight excluding hydrogens is 717 g/mol. The van der Waals surface area contributed by atoms with Crippen molar-refractivity contribution in [3.05, 3.63) is 127 Å². The van der Waals surface area contributed by atoms with E-state index in [0.717, 1.165) is 33.9 Å². The van der Waals surface area contributed by atoms with E-state index in [1.165, 1.54) is 38.3 Å². The number of aryl methyl sites for hydroxylation is 1. The van der Waals surface area contributed by atoms with Gasteiger partial charge < -0.3 is 9.97 Å². The summed E-state index contributed by atoms with van der Waals surface area (Å²) in [7, 11) is -1.74. The Bertz CT molecular complexity index is 1770. The number of benzene rings is 3. The maximum Gasteiger partial charge on any atom is 0.0828 e. The summed E-state index contributed by atoms with van der Waals surface area (Å²) >= 11 is 0. The second-order valence-corrected chi connectivity index (χ2v) is 17.0. The van der Waals surface area contributed by atoms with Crippen molar-refractivity contribution in [3.63, 3.8) is 0 Å². The van der Waals surface area contributed by atoms with Gasteiger partial charge in [-0.15, -0.1) is 71.8 Å². The van der Waals surface area contributed by atoms with Crippen LogP contribution in [0.1, 0.15) is 50.1 Å². The minimum Gasteiger partial charge on any atom is -0.305 e. The van der Waals surface area contributed by atoms with E-state index in [2.05, 4.69) is 41.7 Å². The van der Waals surface area contributed by atoms with Crippen LogP contribution in [0.4, 0.5) is 0 Å². The first-order valence-electron chi connectivity index (χ1n) is 17.4. The predicted octanol–water partition coefficient (Wildman–Crippen LogP) is 9.74. The maximum absolute atomic E-state index is 8.88.